The normalized spacial score (nSPS) is 9.73. The number of carbonyl (C=O) groups excluding carboxylic acids is 1. The minimum absolute atomic E-state index is 0.0144. The van der Waals surface area contributed by atoms with Crippen molar-refractivity contribution in [3.8, 4) is 5.88 Å². The summed E-state index contributed by atoms with van der Waals surface area (Å²) in [7, 11) is 1.46. The molecule has 0 aromatic carbocycles. The van der Waals surface area contributed by atoms with Crippen molar-refractivity contribution in [2.75, 3.05) is 25.6 Å². The van der Waals surface area contributed by atoms with Crippen LogP contribution in [0.15, 0.2) is 18.2 Å². The molecular weight excluding hydrogens is 196 g/mol. The Kier molecular flexibility index (Phi) is 4.56. The molecule has 82 valence electrons. The largest absolute Gasteiger partial charge is 0.478 e. The van der Waals surface area contributed by atoms with Crippen LogP contribution in [0, 0.1) is 0 Å². The van der Waals surface area contributed by atoms with Gasteiger partial charge in [0.2, 0.25) is 5.88 Å². The van der Waals surface area contributed by atoms with Crippen molar-refractivity contribution in [3.05, 3.63) is 18.2 Å². The van der Waals surface area contributed by atoms with Gasteiger partial charge in [-0.2, -0.15) is 4.98 Å². The van der Waals surface area contributed by atoms with Crippen molar-refractivity contribution in [3.63, 3.8) is 0 Å². The second kappa shape index (κ2) is 5.98. The molecule has 5 nitrogen and oxygen atoms in total. The van der Waals surface area contributed by atoms with Gasteiger partial charge in [-0.15, -0.1) is 0 Å². The molecule has 1 rings (SSSR count). The molecule has 0 aliphatic carbocycles. The molecule has 5 heteroatoms. The average molecular weight is 210 g/mol. The van der Waals surface area contributed by atoms with Crippen LogP contribution in [0.5, 0.6) is 5.88 Å². The molecule has 1 amide bonds. The summed E-state index contributed by atoms with van der Waals surface area (Å²) in [5, 5.41) is 2.59. The van der Waals surface area contributed by atoms with Gasteiger partial charge in [-0.3, -0.25) is 4.79 Å². The Morgan fingerprint density at radius 2 is 2.33 bits per heavy atom. The first kappa shape index (κ1) is 11.5. The highest BCUT2D eigenvalue weighted by molar-refractivity contribution is 5.90. The first-order chi connectivity index (χ1) is 7.26. The predicted molar refractivity (Wildman–Crippen MR) is 55.9 cm³/mol. The number of hydrogen-bond acceptors (Lipinski definition) is 4. The standard InChI is InChI=1S/C10H14N2O3/c1-3-15-10-6-4-5-8(12-10)11-9(13)7-14-2/h4-6H,3,7H2,1-2H3,(H,11,12,13). The van der Waals surface area contributed by atoms with Crippen LogP contribution < -0.4 is 10.1 Å². The molecule has 15 heavy (non-hydrogen) atoms. The van der Waals surface area contributed by atoms with Gasteiger partial charge in [0.15, 0.2) is 0 Å². The molecule has 0 saturated carbocycles. The van der Waals surface area contributed by atoms with E-state index in [9.17, 15) is 4.79 Å². The Bertz CT molecular complexity index is 328. The van der Waals surface area contributed by atoms with E-state index in [0.717, 1.165) is 0 Å². The van der Waals surface area contributed by atoms with Gasteiger partial charge in [0.05, 0.1) is 6.61 Å². The molecule has 1 aromatic rings. The van der Waals surface area contributed by atoms with Gasteiger partial charge < -0.3 is 14.8 Å². The third kappa shape index (κ3) is 3.95. The SMILES string of the molecule is CCOc1cccc(NC(=O)COC)n1. The fourth-order valence-electron chi connectivity index (χ4n) is 1.02. The topological polar surface area (TPSA) is 60.5 Å². The van der Waals surface area contributed by atoms with Gasteiger partial charge >= 0.3 is 0 Å². The molecule has 0 aliphatic rings. The number of anilines is 1. The number of ether oxygens (including phenoxy) is 2. The lowest BCUT2D eigenvalue weighted by molar-refractivity contribution is -0.119. The van der Waals surface area contributed by atoms with E-state index in [1.54, 1.807) is 18.2 Å². The van der Waals surface area contributed by atoms with Crippen molar-refractivity contribution >= 4 is 11.7 Å². The number of pyridine rings is 1. The number of rotatable bonds is 5. The summed E-state index contributed by atoms with van der Waals surface area (Å²) in [5.41, 5.74) is 0. The van der Waals surface area contributed by atoms with Gasteiger partial charge in [-0.05, 0) is 13.0 Å². The number of amides is 1. The summed E-state index contributed by atoms with van der Waals surface area (Å²) in [6.45, 7) is 2.43. The van der Waals surface area contributed by atoms with Gasteiger partial charge in [-0.1, -0.05) is 6.07 Å². The van der Waals surface area contributed by atoms with E-state index >= 15 is 0 Å². The van der Waals surface area contributed by atoms with Gasteiger partial charge in [0.1, 0.15) is 12.4 Å². The minimum Gasteiger partial charge on any atom is -0.478 e. The maximum absolute atomic E-state index is 11.2. The van der Waals surface area contributed by atoms with Crippen molar-refractivity contribution in [2.24, 2.45) is 0 Å². The lowest BCUT2D eigenvalue weighted by Crippen LogP contribution is -2.17. The minimum atomic E-state index is -0.237. The van der Waals surface area contributed by atoms with E-state index in [0.29, 0.717) is 18.3 Å². The number of nitrogens with one attached hydrogen (secondary N) is 1. The fraction of sp³-hybridized carbons (Fsp3) is 0.400. The number of carbonyl (C=O) groups is 1. The van der Waals surface area contributed by atoms with Crippen LogP contribution in [0.25, 0.3) is 0 Å². The summed E-state index contributed by atoms with van der Waals surface area (Å²) in [6.07, 6.45) is 0. The van der Waals surface area contributed by atoms with Crippen LogP contribution in [0.3, 0.4) is 0 Å². The monoisotopic (exact) mass is 210 g/mol. The Balaban J connectivity index is 2.60. The number of hydrogen-bond donors (Lipinski definition) is 1. The summed E-state index contributed by atoms with van der Waals surface area (Å²) in [4.78, 5) is 15.2. The Hall–Kier alpha value is -1.62. The van der Waals surface area contributed by atoms with Gasteiger partial charge in [0.25, 0.3) is 5.91 Å². The molecule has 0 spiro atoms. The molecule has 1 N–H and O–H groups in total. The van der Waals surface area contributed by atoms with Crippen LogP contribution in [0.2, 0.25) is 0 Å². The van der Waals surface area contributed by atoms with E-state index in [4.69, 9.17) is 4.74 Å². The van der Waals surface area contributed by atoms with Gasteiger partial charge in [-0.25, -0.2) is 0 Å². The van der Waals surface area contributed by atoms with Crippen LogP contribution in [-0.2, 0) is 9.53 Å². The van der Waals surface area contributed by atoms with Crippen LogP contribution >= 0.6 is 0 Å². The lowest BCUT2D eigenvalue weighted by atomic mass is 10.4. The first-order valence-corrected chi connectivity index (χ1v) is 4.65. The maximum Gasteiger partial charge on any atom is 0.251 e. The molecule has 1 heterocycles. The Morgan fingerprint density at radius 3 is 3.00 bits per heavy atom. The Morgan fingerprint density at radius 1 is 1.53 bits per heavy atom. The summed E-state index contributed by atoms with van der Waals surface area (Å²) >= 11 is 0. The molecule has 0 aliphatic heterocycles. The van der Waals surface area contributed by atoms with E-state index in [-0.39, 0.29) is 12.5 Å². The second-order valence-electron chi connectivity index (χ2n) is 2.78. The smallest absolute Gasteiger partial charge is 0.251 e. The highest BCUT2D eigenvalue weighted by Gasteiger charge is 2.03. The van der Waals surface area contributed by atoms with E-state index < -0.39 is 0 Å². The lowest BCUT2D eigenvalue weighted by Gasteiger charge is -2.05. The number of methoxy groups -OCH3 is 1. The molecule has 0 fully saturated rings. The first-order valence-electron chi connectivity index (χ1n) is 4.65. The fourth-order valence-corrected chi connectivity index (χ4v) is 1.02. The predicted octanol–water partition coefficient (Wildman–Crippen LogP) is 1.07. The van der Waals surface area contributed by atoms with Crippen LogP contribution in [0.4, 0.5) is 5.82 Å². The second-order valence-corrected chi connectivity index (χ2v) is 2.78. The Labute approximate surface area is 88.4 Å². The average Bonchev–Trinajstić information content (AvgIpc) is 2.19. The zero-order valence-electron chi connectivity index (χ0n) is 8.82. The van der Waals surface area contributed by atoms with Crippen molar-refractivity contribution in [2.45, 2.75) is 6.92 Å². The number of nitrogens with zero attached hydrogens (tertiary/aromatic N) is 1. The molecule has 0 atom stereocenters. The highest BCUT2D eigenvalue weighted by Crippen LogP contribution is 2.10. The quantitative estimate of drug-likeness (QED) is 0.789. The van der Waals surface area contributed by atoms with E-state index in [1.165, 1.54) is 7.11 Å². The molecule has 0 saturated heterocycles. The van der Waals surface area contributed by atoms with Crippen molar-refractivity contribution in [1.29, 1.82) is 0 Å². The number of aromatic nitrogens is 1. The zero-order valence-corrected chi connectivity index (χ0v) is 8.82. The third-order valence-electron chi connectivity index (χ3n) is 1.56. The molecule has 0 unspecified atom stereocenters. The molecular formula is C10H14N2O3. The van der Waals surface area contributed by atoms with Crippen LogP contribution in [0.1, 0.15) is 6.92 Å². The van der Waals surface area contributed by atoms with E-state index in [2.05, 4.69) is 15.0 Å². The van der Waals surface area contributed by atoms with Crippen LogP contribution in [-0.4, -0.2) is 31.2 Å². The maximum atomic E-state index is 11.2. The third-order valence-corrected chi connectivity index (χ3v) is 1.56. The van der Waals surface area contributed by atoms with Crippen molar-refractivity contribution < 1.29 is 14.3 Å². The summed E-state index contributed by atoms with van der Waals surface area (Å²) in [6, 6.07) is 5.19. The zero-order chi connectivity index (χ0) is 11.1. The highest BCUT2D eigenvalue weighted by atomic mass is 16.5. The molecule has 0 radical (unpaired) electrons. The molecule has 0 bridgehead atoms. The van der Waals surface area contributed by atoms with Gasteiger partial charge in [0, 0.05) is 13.2 Å². The molecule has 1 aromatic heterocycles. The van der Waals surface area contributed by atoms with E-state index in [1.807, 2.05) is 6.92 Å². The van der Waals surface area contributed by atoms with Crippen molar-refractivity contribution in [1.82, 2.24) is 4.98 Å². The summed E-state index contributed by atoms with van der Waals surface area (Å²) in [5.74, 6) is 0.717. The summed E-state index contributed by atoms with van der Waals surface area (Å²) < 4.78 is 9.88.